The van der Waals surface area contributed by atoms with Gasteiger partial charge in [0.2, 0.25) is 11.8 Å². The fourth-order valence-electron chi connectivity index (χ4n) is 3.54. The highest BCUT2D eigenvalue weighted by Gasteiger charge is 2.32. The zero-order valence-corrected chi connectivity index (χ0v) is 15.4. The fraction of sp³-hybridized carbons (Fsp3) is 0.500. The molecule has 1 saturated carbocycles. The molecule has 7 nitrogen and oxygen atoms in total. The zero-order chi connectivity index (χ0) is 18.8. The maximum atomic E-state index is 12.5. The van der Waals surface area contributed by atoms with E-state index in [-0.39, 0.29) is 17.9 Å². The smallest absolute Gasteiger partial charge is 0.243 e. The maximum Gasteiger partial charge on any atom is 0.243 e. The number of aromatic nitrogens is 2. The standard InChI is InChI=1S/C20H23N5O2/c1-13(20-23-18(24-27-20)15-5-6-15)25-9-7-16(8-10-25)19(26)22-17-4-2-3-14(11-17)12-21/h2-4,11,13,15-16H,5-10H2,1H3,(H,22,26)/t13-/m0/s1. The number of carbonyl (C=O) groups excluding carboxylic acids is 1. The van der Waals surface area contributed by atoms with E-state index in [9.17, 15) is 4.79 Å². The molecule has 7 heteroatoms. The Bertz CT molecular complexity index is 859. The number of nitrogens with one attached hydrogen (secondary N) is 1. The van der Waals surface area contributed by atoms with Crippen LogP contribution in [0.15, 0.2) is 28.8 Å². The summed E-state index contributed by atoms with van der Waals surface area (Å²) in [6.07, 6.45) is 3.89. The minimum absolute atomic E-state index is 0.0196. The van der Waals surface area contributed by atoms with Crippen LogP contribution in [0.1, 0.15) is 61.8 Å². The summed E-state index contributed by atoms with van der Waals surface area (Å²) in [7, 11) is 0. The van der Waals surface area contributed by atoms with E-state index in [1.165, 1.54) is 0 Å². The Morgan fingerprint density at radius 1 is 1.33 bits per heavy atom. The number of likely N-dealkylation sites (tertiary alicyclic amines) is 1. The first-order chi connectivity index (χ1) is 13.1. The van der Waals surface area contributed by atoms with Crippen molar-refractivity contribution in [3.63, 3.8) is 0 Å². The molecule has 2 fully saturated rings. The monoisotopic (exact) mass is 365 g/mol. The van der Waals surface area contributed by atoms with Gasteiger partial charge in [0, 0.05) is 17.5 Å². The highest BCUT2D eigenvalue weighted by molar-refractivity contribution is 5.92. The van der Waals surface area contributed by atoms with Gasteiger partial charge in [-0.3, -0.25) is 9.69 Å². The van der Waals surface area contributed by atoms with E-state index in [1.54, 1.807) is 18.2 Å². The molecule has 4 rings (SSSR count). The SMILES string of the molecule is C[C@@H](c1nc(C2CC2)no1)N1CCC(C(=O)Nc2cccc(C#N)c2)CC1. The molecular weight excluding hydrogens is 342 g/mol. The third-order valence-corrected chi connectivity index (χ3v) is 5.46. The third-order valence-electron chi connectivity index (χ3n) is 5.46. The number of rotatable bonds is 5. The molecule has 1 aromatic heterocycles. The second-order valence-corrected chi connectivity index (χ2v) is 7.43. The van der Waals surface area contributed by atoms with Gasteiger partial charge in [-0.05, 0) is 63.9 Å². The predicted molar refractivity (Wildman–Crippen MR) is 98.8 cm³/mol. The molecule has 140 valence electrons. The predicted octanol–water partition coefficient (Wildman–Crippen LogP) is 3.23. The Kier molecular flexibility index (Phi) is 4.90. The number of amides is 1. The van der Waals surface area contributed by atoms with Gasteiger partial charge in [-0.25, -0.2) is 0 Å². The summed E-state index contributed by atoms with van der Waals surface area (Å²) >= 11 is 0. The van der Waals surface area contributed by atoms with Crippen molar-refractivity contribution in [1.29, 1.82) is 5.26 Å². The van der Waals surface area contributed by atoms with E-state index in [4.69, 9.17) is 9.78 Å². The van der Waals surface area contributed by atoms with Gasteiger partial charge in [0.25, 0.3) is 0 Å². The van der Waals surface area contributed by atoms with Crippen LogP contribution in [0.5, 0.6) is 0 Å². The van der Waals surface area contributed by atoms with Gasteiger partial charge in [-0.2, -0.15) is 10.2 Å². The fourth-order valence-corrected chi connectivity index (χ4v) is 3.54. The average molecular weight is 365 g/mol. The Labute approximate surface area is 158 Å². The van der Waals surface area contributed by atoms with E-state index in [2.05, 4.69) is 33.4 Å². The van der Waals surface area contributed by atoms with E-state index >= 15 is 0 Å². The minimum atomic E-state index is -0.0242. The normalized spacial score (nSPS) is 19.4. The summed E-state index contributed by atoms with van der Waals surface area (Å²) in [5.74, 6) is 2.00. The Morgan fingerprint density at radius 2 is 2.11 bits per heavy atom. The van der Waals surface area contributed by atoms with Crippen LogP contribution in [0, 0.1) is 17.2 Å². The van der Waals surface area contributed by atoms with Gasteiger partial charge in [-0.1, -0.05) is 11.2 Å². The number of piperidine rings is 1. The van der Waals surface area contributed by atoms with Crippen molar-refractivity contribution in [2.45, 2.75) is 44.6 Å². The molecule has 1 saturated heterocycles. The van der Waals surface area contributed by atoms with Gasteiger partial charge in [0.05, 0.1) is 17.7 Å². The summed E-state index contributed by atoms with van der Waals surface area (Å²) in [6, 6.07) is 9.16. The molecule has 1 aliphatic heterocycles. The minimum Gasteiger partial charge on any atom is -0.338 e. The Balaban J connectivity index is 1.31. The lowest BCUT2D eigenvalue weighted by molar-refractivity contribution is -0.121. The first-order valence-corrected chi connectivity index (χ1v) is 9.52. The zero-order valence-electron chi connectivity index (χ0n) is 15.4. The number of hydrogen-bond donors (Lipinski definition) is 1. The largest absolute Gasteiger partial charge is 0.338 e. The second-order valence-electron chi connectivity index (χ2n) is 7.43. The molecule has 1 N–H and O–H groups in total. The maximum absolute atomic E-state index is 12.5. The molecule has 0 radical (unpaired) electrons. The molecule has 1 atom stereocenters. The van der Waals surface area contributed by atoms with Crippen LogP contribution in [0.4, 0.5) is 5.69 Å². The second kappa shape index (κ2) is 7.49. The van der Waals surface area contributed by atoms with Crippen LogP contribution in [-0.2, 0) is 4.79 Å². The van der Waals surface area contributed by atoms with Crippen LogP contribution in [0.3, 0.4) is 0 Å². The number of benzene rings is 1. The quantitative estimate of drug-likeness (QED) is 0.874. The van der Waals surface area contributed by atoms with E-state index < -0.39 is 0 Å². The molecule has 2 aromatic rings. The number of hydrogen-bond acceptors (Lipinski definition) is 6. The first kappa shape index (κ1) is 17.7. The molecule has 0 spiro atoms. The van der Waals surface area contributed by atoms with E-state index in [1.807, 2.05) is 6.07 Å². The molecule has 1 aliphatic carbocycles. The number of anilines is 1. The van der Waals surface area contributed by atoms with Crippen molar-refractivity contribution in [2.75, 3.05) is 18.4 Å². The van der Waals surface area contributed by atoms with Crippen molar-refractivity contribution < 1.29 is 9.32 Å². The van der Waals surface area contributed by atoms with Crippen LogP contribution in [0.25, 0.3) is 0 Å². The highest BCUT2D eigenvalue weighted by Crippen LogP contribution is 2.38. The average Bonchev–Trinajstić information content (AvgIpc) is 3.44. The Morgan fingerprint density at radius 3 is 2.81 bits per heavy atom. The van der Waals surface area contributed by atoms with Crippen molar-refractivity contribution in [3.05, 3.63) is 41.5 Å². The lowest BCUT2D eigenvalue weighted by Gasteiger charge is -2.33. The highest BCUT2D eigenvalue weighted by atomic mass is 16.5. The topological polar surface area (TPSA) is 95.1 Å². The van der Waals surface area contributed by atoms with Gasteiger partial charge in [-0.15, -0.1) is 0 Å². The summed E-state index contributed by atoms with van der Waals surface area (Å²) in [5.41, 5.74) is 1.22. The third kappa shape index (κ3) is 4.01. The molecule has 1 aromatic carbocycles. The van der Waals surface area contributed by atoms with Gasteiger partial charge >= 0.3 is 0 Å². The number of nitrogens with zero attached hydrogens (tertiary/aromatic N) is 4. The molecule has 2 heterocycles. The lowest BCUT2D eigenvalue weighted by atomic mass is 9.95. The van der Waals surface area contributed by atoms with Gasteiger partial charge < -0.3 is 9.84 Å². The summed E-state index contributed by atoms with van der Waals surface area (Å²) in [5, 5.41) is 16.0. The first-order valence-electron chi connectivity index (χ1n) is 9.52. The molecule has 2 aliphatic rings. The van der Waals surface area contributed by atoms with Crippen LogP contribution in [-0.4, -0.2) is 34.0 Å². The summed E-state index contributed by atoms with van der Waals surface area (Å²) < 4.78 is 5.45. The summed E-state index contributed by atoms with van der Waals surface area (Å²) in [4.78, 5) is 19.4. The van der Waals surface area contributed by atoms with Crippen molar-refractivity contribution in [1.82, 2.24) is 15.0 Å². The van der Waals surface area contributed by atoms with Gasteiger partial charge in [0.15, 0.2) is 5.82 Å². The summed E-state index contributed by atoms with van der Waals surface area (Å²) in [6.45, 7) is 3.72. The molecule has 1 amide bonds. The van der Waals surface area contributed by atoms with Crippen molar-refractivity contribution in [2.24, 2.45) is 5.92 Å². The van der Waals surface area contributed by atoms with Crippen molar-refractivity contribution >= 4 is 11.6 Å². The van der Waals surface area contributed by atoms with Crippen LogP contribution in [0.2, 0.25) is 0 Å². The molecule has 27 heavy (non-hydrogen) atoms. The lowest BCUT2D eigenvalue weighted by Crippen LogP contribution is -2.39. The van der Waals surface area contributed by atoms with E-state index in [0.717, 1.165) is 44.6 Å². The van der Waals surface area contributed by atoms with Gasteiger partial charge in [0.1, 0.15) is 0 Å². The molecule has 0 bridgehead atoms. The van der Waals surface area contributed by atoms with E-state index in [0.29, 0.717) is 23.1 Å². The molecular formula is C20H23N5O2. The number of carbonyl (C=O) groups is 1. The van der Waals surface area contributed by atoms with Crippen LogP contribution >= 0.6 is 0 Å². The van der Waals surface area contributed by atoms with Crippen LogP contribution < -0.4 is 5.32 Å². The number of nitriles is 1. The van der Waals surface area contributed by atoms with Crippen molar-refractivity contribution in [3.8, 4) is 6.07 Å². The Hall–Kier alpha value is -2.72. The molecule has 0 unspecified atom stereocenters.